The molecule has 0 spiro atoms. The second-order valence-electron chi connectivity index (χ2n) is 2.84. The smallest absolute Gasteiger partial charge is 0.186 e. The predicted octanol–water partition coefficient (Wildman–Crippen LogP) is -2.57. The Bertz CT molecular complexity index is 146. The summed E-state index contributed by atoms with van der Waals surface area (Å²) in [7, 11) is 0. The molecule has 1 fully saturated rings. The highest BCUT2D eigenvalue weighted by molar-refractivity contribution is 4.78. The molecule has 0 bridgehead atoms. The van der Waals surface area contributed by atoms with Gasteiger partial charge < -0.3 is 29.9 Å². The van der Waals surface area contributed by atoms with Crippen LogP contribution in [0.25, 0.3) is 0 Å². The predicted molar refractivity (Wildman–Crippen MR) is 40.8 cm³/mol. The van der Waals surface area contributed by atoms with Crippen LogP contribution in [0.3, 0.4) is 0 Å². The van der Waals surface area contributed by atoms with E-state index in [0.717, 1.165) is 0 Å². The van der Waals surface area contributed by atoms with Crippen molar-refractivity contribution in [3.05, 3.63) is 0 Å². The zero-order chi connectivity index (χ0) is 9.84. The molecule has 0 aromatic rings. The minimum absolute atomic E-state index is 0.351. The van der Waals surface area contributed by atoms with Crippen LogP contribution in [-0.2, 0) is 9.47 Å². The number of aliphatic hydroxyl groups is 4. The average Bonchev–Trinajstić information content (AvgIpc) is 2.67. The van der Waals surface area contributed by atoms with E-state index < -0.39 is 31.2 Å². The van der Waals surface area contributed by atoms with Gasteiger partial charge in [-0.2, -0.15) is 0 Å². The average molecular weight is 194 g/mol. The van der Waals surface area contributed by atoms with Crippen LogP contribution in [0.2, 0.25) is 0 Å². The van der Waals surface area contributed by atoms with Gasteiger partial charge in [-0.05, 0) is 0 Å². The van der Waals surface area contributed by atoms with Gasteiger partial charge in [0, 0.05) is 0 Å². The molecule has 0 aromatic heterocycles. The molecule has 1 aliphatic heterocycles. The van der Waals surface area contributed by atoms with Crippen LogP contribution in [0.4, 0.5) is 0 Å². The molecule has 1 saturated heterocycles. The SMILES string of the molecule is OC[C@@H](O)[C@@H](O)[C@@H](O)C1OCCO1. The summed E-state index contributed by atoms with van der Waals surface area (Å²) < 4.78 is 9.81. The van der Waals surface area contributed by atoms with Crippen LogP contribution in [0, 0.1) is 0 Å². The molecule has 0 unspecified atom stereocenters. The summed E-state index contributed by atoms with van der Waals surface area (Å²) >= 11 is 0. The molecule has 1 aliphatic rings. The van der Waals surface area contributed by atoms with E-state index in [2.05, 4.69) is 0 Å². The van der Waals surface area contributed by atoms with Crippen LogP contribution in [0.5, 0.6) is 0 Å². The third-order valence-electron chi connectivity index (χ3n) is 1.86. The monoisotopic (exact) mass is 194 g/mol. The van der Waals surface area contributed by atoms with Crippen LogP contribution in [0.15, 0.2) is 0 Å². The summed E-state index contributed by atoms with van der Waals surface area (Å²) in [6.07, 6.45) is -5.11. The van der Waals surface area contributed by atoms with E-state index in [1.807, 2.05) is 0 Å². The molecule has 0 saturated carbocycles. The summed E-state index contributed by atoms with van der Waals surface area (Å²) in [5, 5.41) is 36.1. The van der Waals surface area contributed by atoms with Gasteiger partial charge in [0.2, 0.25) is 0 Å². The molecular weight excluding hydrogens is 180 g/mol. The molecule has 13 heavy (non-hydrogen) atoms. The van der Waals surface area contributed by atoms with Crippen LogP contribution < -0.4 is 0 Å². The van der Waals surface area contributed by atoms with Crippen molar-refractivity contribution in [2.45, 2.75) is 24.6 Å². The molecule has 6 nitrogen and oxygen atoms in total. The van der Waals surface area contributed by atoms with Crippen molar-refractivity contribution in [2.75, 3.05) is 19.8 Å². The summed E-state index contributed by atoms with van der Waals surface area (Å²) in [6, 6.07) is 0. The lowest BCUT2D eigenvalue weighted by Crippen LogP contribution is -2.46. The van der Waals surface area contributed by atoms with Crippen molar-refractivity contribution >= 4 is 0 Å². The highest BCUT2D eigenvalue weighted by Gasteiger charge is 2.34. The zero-order valence-corrected chi connectivity index (χ0v) is 7.04. The summed E-state index contributed by atoms with van der Waals surface area (Å²) in [6.45, 7) is 0.0816. The third-order valence-corrected chi connectivity index (χ3v) is 1.86. The fourth-order valence-corrected chi connectivity index (χ4v) is 1.07. The topological polar surface area (TPSA) is 99.4 Å². The van der Waals surface area contributed by atoms with Crippen molar-refractivity contribution in [3.63, 3.8) is 0 Å². The first-order valence-corrected chi connectivity index (χ1v) is 4.05. The minimum atomic E-state index is -1.46. The number of hydrogen-bond acceptors (Lipinski definition) is 6. The van der Waals surface area contributed by atoms with Crippen molar-refractivity contribution < 1.29 is 29.9 Å². The lowest BCUT2D eigenvalue weighted by Gasteiger charge is -2.24. The molecule has 4 N–H and O–H groups in total. The van der Waals surface area contributed by atoms with Gasteiger partial charge in [0.1, 0.15) is 18.3 Å². The van der Waals surface area contributed by atoms with E-state index in [-0.39, 0.29) is 0 Å². The van der Waals surface area contributed by atoms with Crippen molar-refractivity contribution in [1.82, 2.24) is 0 Å². The fourth-order valence-electron chi connectivity index (χ4n) is 1.07. The standard InChI is InChI=1S/C7H14O6/c8-3-4(9)5(10)6(11)7-12-1-2-13-7/h4-11H,1-3H2/t4-,5-,6-/m1/s1. The molecule has 6 heteroatoms. The highest BCUT2D eigenvalue weighted by Crippen LogP contribution is 2.13. The molecule has 78 valence electrons. The van der Waals surface area contributed by atoms with Gasteiger partial charge in [-0.3, -0.25) is 0 Å². The van der Waals surface area contributed by atoms with Crippen LogP contribution >= 0.6 is 0 Å². The van der Waals surface area contributed by atoms with E-state index in [9.17, 15) is 10.2 Å². The summed E-state index contributed by atoms with van der Waals surface area (Å²) in [5.74, 6) is 0. The Labute approximate surface area is 75.3 Å². The van der Waals surface area contributed by atoms with Crippen LogP contribution in [0.1, 0.15) is 0 Å². The number of aliphatic hydroxyl groups excluding tert-OH is 4. The second-order valence-corrected chi connectivity index (χ2v) is 2.84. The molecule has 3 atom stereocenters. The summed E-state index contributed by atoms with van der Waals surface area (Å²) in [5.41, 5.74) is 0. The minimum Gasteiger partial charge on any atom is -0.394 e. The zero-order valence-electron chi connectivity index (χ0n) is 7.04. The van der Waals surface area contributed by atoms with Crippen molar-refractivity contribution in [2.24, 2.45) is 0 Å². The quantitative estimate of drug-likeness (QED) is 0.393. The van der Waals surface area contributed by atoms with Gasteiger partial charge in [-0.1, -0.05) is 0 Å². The van der Waals surface area contributed by atoms with Crippen molar-refractivity contribution in [1.29, 1.82) is 0 Å². The third kappa shape index (κ3) is 2.60. The first kappa shape index (κ1) is 10.8. The summed E-state index contributed by atoms with van der Waals surface area (Å²) in [4.78, 5) is 0. The van der Waals surface area contributed by atoms with Gasteiger partial charge in [0.25, 0.3) is 0 Å². The first-order chi connectivity index (χ1) is 6.16. The second kappa shape index (κ2) is 4.85. The Morgan fingerprint density at radius 2 is 1.69 bits per heavy atom. The highest BCUT2D eigenvalue weighted by atomic mass is 16.7. The normalized spacial score (nSPS) is 25.8. The first-order valence-electron chi connectivity index (χ1n) is 4.05. The van der Waals surface area contributed by atoms with Gasteiger partial charge in [0.05, 0.1) is 19.8 Å². The Kier molecular flexibility index (Phi) is 4.04. The molecule has 0 aromatic carbocycles. The molecule has 0 amide bonds. The van der Waals surface area contributed by atoms with Crippen molar-refractivity contribution in [3.8, 4) is 0 Å². The molecule has 0 aliphatic carbocycles. The fraction of sp³-hybridized carbons (Fsp3) is 1.00. The van der Waals surface area contributed by atoms with E-state index in [1.165, 1.54) is 0 Å². The molecule has 1 rings (SSSR count). The van der Waals surface area contributed by atoms with Crippen LogP contribution in [-0.4, -0.2) is 64.8 Å². The largest absolute Gasteiger partial charge is 0.394 e. The van der Waals surface area contributed by atoms with Gasteiger partial charge in [0.15, 0.2) is 6.29 Å². The molecular formula is C7H14O6. The molecule has 0 radical (unpaired) electrons. The number of ether oxygens (including phenoxy) is 2. The van der Waals surface area contributed by atoms with Gasteiger partial charge >= 0.3 is 0 Å². The molecule has 1 heterocycles. The maximum Gasteiger partial charge on any atom is 0.186 e. The van der Waals surface area contributed by atoms with E-state index in [1.54, 1.807) is 0 Å². The van der Waals surface area contributed by atoms with E-state index in [4.69, 9.17) is 19.7 Å². The lowest BCUT2D eigenvalue weighted by molar-refractivity contribution is -0.178. The maximum atomic E-state index is 9.35. The van der Waals surface area contributed by atoms with E-state index in [0.29, 0.717) is 13.2 Å². The Hall–Kier alpha value is -0.240. The Morgan fingerprint density at radius 3 is 2.15 bits per heavy atom. The number of hydrogen-bond donors (Lipinski definition) is 4. The van der Waals surface area contributed by atoms with Gasteiger partial charge in [-0.15, -0.1) is 0 Å². The van der Waals surface area contributed by atoms with E-state index >= 15 is 0 Å². The Balaban J connectivity index is 2.40. The van der Waals surface area contributed by atoms with Gasteiger partial charge in [-0.25, -0.2) is 0 Å². The lowest BCUT2D eigenvalue weighted by atomic mass is 10.1. The maximum absolute atomic E-state index is 9.35. The Morgan fingerprint density at radius 1 is 1.15 bits per heavy atom. The number of rotatable bonds is 4.